The highest BCUT2D eigenvalue weighted by atomic mass is 35.5. The Morgan fingerprint density at radius 1 is 1.08 bits per heavy atom. The summed E-state index contributed by atoms with van der Waals surface area (Å²) in [7, 11) is 0. The Morgan fingerprint density at radius 3 is 2.48 bits per heavy atom. The second kappa shape index (κ2) is 7.15. The van der Waals surface area contributed by atoms with Crippen molar-refractivity contribution in [2.45, 2.75) is 13.8 Å². The largest absolute Gasteiger partial charge is 0.325 e. The second-order valence-electron chi connectivity index (χ2n) is 6.18. The van der Waals surface area contributed by atoms with Gasteiger partial charge in [-0.3, -0.25) is 9.69 Å². The number of amides is 3. The van der Waals surface area contributed by atoms with Crippen LogP contribution >= 0.6 is 11.6 Å². The molecule has 0 aliphatic carbocycles. The zero-order valence-corrected chi connectivity index (χ0v) is 15.0. The molecule has 0 bridgehead atoms. The van der Waals surface area contributed by atoms with Crippen LogP contribution < -0.4 is 10.2 Å². The van der Waals surface area contributed by atoms with E-state index in [9.17, 15) is 9.59 Å². The molecule has 0 spiro atoms. The number of aryl methyl sites for hydroxylation is 2. The third-order valence-electron chi connectivity index (χ3n) is 4.36. The van der Waals surface area contributed by atoms with Crippen LogP contribution in [0.15, 0.2) is 42.5 Å². The van der Waals surface area contributed by atoms with Crippen LogP contribution in [0.1, 0.15) is 11.1 Å². The Balaban J connectivity index is 1.61. The van der Waals surface area contributed by atoms with Crippen molar-refractivity contribution in [2.75, 3.05) is 29.9 Å². The zero-order valence-electron chi connectivity index (χ0n) is 14.3. The van der Waals surface area contributed by atoms with Crippen LogP contribution in [0.25, 0.3) is 0 Å². The predicted octanol–water partition coefficient (Wildman–Crippen LogP) is 3.84. The molecule has 1 aliphatic rings. The highest BCUT2D eigenvalue weighted by Gasteiger charge is 2.30. The minimum absolute atomic E-state index is 0.0375. The van der Waals surface area contributed by atoms with E-state index in [0.29, 0.717) is 18.1 Å². The molecule has 3 rings (SSSR count). The van der Waals surface area contributed by atoms with Gasteiger partial charge in [0.25, 0.3) is 0 Å². The fraction of sp³-hybridized carbons (Fsp3) is 0.263. The van der Waals surface area contributed by atoms with Gasteiger partial charge in [0.2, 0.25) is 5.91 Å². The molecule has 0 radical (unpaired) electrons. The van der Waals surface area contributed by atoms with Crippen molar-refractivity contribution in [3.05, 3.63) is 58.6 Å². The highest BCUT2D eigenvalue weighted by molar-refractivity contribution is 6.30. The van der Waals surface area contributed by atoms with Gasteiger partial charge in [0.05, 0.1) is 0 Å². The summed E-state index contributed by atoms with van der Waals surface area (Å²) in [5, 5.41) is 3.48. The van der Waals surface area contributed by atoms with Crippen molar-refractivity contribution < 1.29 is 9.59 Å². The molecule has 0 unspecified atom stereocenters. The van der Waals surface area contributed by atoms with Gasteiger partial charge in [-0.15, -0.1) is 0 Å². The molecule has 2 aromatic rings. The van der Waals surface area contributed by atoms with Gasteiger partial charge in [-0.05, 0) is 61.4 Å². The van der Waals surface area contributed by atoms with Gasteiger partial charge in [0.15, 0.2) is 0 Å². The van der Waals surface area contributed by atoms with Crippen LogP contribution in [0.2, 0.25) is 5.02 Å². The molecule has 1 fully saturated rings. The lowest BCUT2D eigenvalue weighted by molar-refractivity contribution is -0.116. The number of benzene rings is 2. The molecule has 1 N–H and O–H groups in total. The van der Waals surface area contributed by atoms with Crippen LogP contribution in [0.4, 0.5) is 16.2 Å². The van der Waals surface area contributed by atoms with Gasteiger partial charge in [-0.25, -0.2) is 4.79 Å². The summed E-state index contributed by atoms with van der Waals surface area (Å²) in [4.78, 5) is 28.0. The van der Waals surface area contributed by atoms with Crippen molar-refractivity contribution >= 4 is 34.9 Å². The van der Waals surface area contributed by atoms with Gasteiger partial charge in [0.1, 0.15) is 6.54 Å². The fourth-order valence-corrected chi connectivity index (χ4v) is 2.91. The maximum absolute atomic E-state index is 12.5. The van der Waals surface area contributed by atoms with Gasteiger partial charge in [0, 0.05) is 29.5 Å². The minimum atomic E-state index is -0.199. The van der Waals surface area contributed by atoms with Gasteiger partial charge >= 0.3 is 6.03 Å². The van der Waals surface area contributed by atoms with Crippen molar-refractivity contribution in [1.29, 1.82) is 0 Å². The van der Waals surface area contributed by atoms with Crippen molar-refractivity contribution in [2.24, 2.45) is 0 Å². The standard InChI is InChI=1S/C19H20ClN3O2/c1-13-3-6-16(11-14(13)2)21-18(24)12-22-9-10-23(19(22)25)17-7-4-15(20)5-8-17/h3-8,11H,9-10,12H2,1-2H3,(H,21,24). The topological polar surface area (TPSA) is 52.7 Å². The lowest BCUT2D eigenvalue weighted by Gasteiger charge is -2.18. The molecule has 0 saturated carbocycles. The fourth-order valence-electron chi connectivity index (χ4n) is 2.78. The summed E-state index contributed by atoms with van der Waals surface area (Å²) in [5.41, 5.74) is 3.82. The van der Waals surface area contributed by atoms with E-state index in [-0.39, 0.29) is 18.5 Å². The molecular weight excluding hydrogens is 338 g/mol. The molecule has 6 heteroatoms. The lowest BCUT2D eigenvalue weighted by Crippen LogP contribution is -2.37. The molecule has 0 aromatic heterocycles. The lowest BCUT2D eigenvalue weighted by atomic mass is 10.1. The summed E-state index contributed by atoms with van der Waals surface area (Å²) < 4.78 is 0. The number of hydrogen-bond acceptors (Lipinski definition) is 2. The van der Waals surface area contributed by atoms with Crippen molar-refractivity contribution in [3.63, 3.8) is 0 Å². The van der Waals surface area contributed by atoms with Crippen LogP contribution in [0.5, 0.6) is 0 Å². The average Bonchev–Trinajstić information content (AvgIpc) is 2.93. The summed E-state index contributed by atoms with van der Waals surface area (Å²) >= 11 is 5.88. The number of hydrogen-bond donors (Lipinski definition) is 1. The normalized spacial score (nSPS) is 14.1. The van der Waals surface area contributed by atoms with Gasteiger partial charge in [-0.1, -0.05) is 17.7 Å². The average molecular weight is 358 g/mol. The number of urea groups is 1. The molecular formula is C19H20ClN3O2. The van der Waals surface area contributed by atoms with Crippen LogP contribution in [0.3, 0.4) is 0 Å². The molecule has 1 heterocycles. The van der Waals surface area contributed by atoms with Crippen molar-refractivity contribution in [3.8, 4) is 0 Å². The number of rotatable bonds is 4. The number of carbonyl (C=O) groups is 2. The zero-order chi connectivity index (χ0) is 18.0. The second-order valence-corrected chi connectivity index (χ2v) is 6.62. The maximum Gasteiger partial charge on any atom is 0.325 e. The number of carbonyl (C=O) groups excluding carboxylic acids is 2. The first kappa shape index (κ1) is 17.3. The summed E-state index contributed by atoms with van der Waals surface area (Å²) in [5.74, 6) is -0.199. The molecule has 0 atom stereocenters. The van der Waals surface area contributed by atoms with Crippen molar-refractivity contribution in [1.82, 2.24) is 4.90 Å². The quantitative estimate of drug-likeness (QED) is 0.903. The molecule has 5 nitrogen and oxygen atoms in total. The van der Waals surface area contributed by atoms with E-state index in [1.54, 1.807) is 34.1 Å². The Morgan fingerprint density at radius 2 is 1.80 bits per heavy atom. The number of halogens is 1. The molecule has 3 amide bonds. The monoisotopic (exact) mass is 357 g/mol. The van der Waals surface area contributed by atoms with E-state index in [2.05, 4.69) is 5.32 Å². The number of nitrogens with one attached hydrogen (secondary N) is 1. The highest BCUT2D eigenvalue weighted by Crippen LogP contribution is 2.22. The smallest absolute Gasteiger partial charge is 0.325 e. The Kier molecular flexibility index (Phi) is 4.95. The third-order valence-corrected chi connectivity index (χ3v) is 4.61. The number of anilines is 2. The molecule has 1 aliphatic heterocycles. The first-order chi connectivity index (χ1) is 11.9. The van der Waals surface area contributed by atoms with Crippen LogP contribution in [-0.2, 0) is 4.79 Å². The Bertz CT molecular complexity index is 805. The predicted molar refractivity (Wildman–Crippen MR) is 100 cm³/mol. The Labute approximate surface area is 152 Å². The maximum atomic E-state index is 12.5. The van der Waals surface area contributed by atoms with Crippen LogP contribution in [0, 0.1) is 13.8 Å². The van der Waals surface area contributed by atoms with Crippen LogP contribution in [-0.4, -0.2) is 36.5 Å². The summed E-state index contributed by atoms with van der Waals surface area (Å²) in [6, 6.07) is 12.7. The van der Waals surface area contributed by atoms with E-state index in [1.807, 2.05) is 32.0 Å². The Hall–Kier alpha value is -2.53. The van der Waals surface area contributed by atoms with E-state index in [4.69, 9.17) is 11.6 Å². The summed E-state index contributed by atoms with van der Waals surface area (Å²) in [6.07, 6.45) is 0. The molecule has 1 saturated heterocycles. The minimum Gasteiger partial charge on any atom is -0.325 e. The van der Waals surface area contributed by atoms with Gasteiger partial charge < -0.3 is 10.2 Å². The molecule has 130 valence electrons. The molecule has 25 heavy (non-hydrogen) atoms. The van der Waals surface area contributed by atoms with E-state index in [0.717, 1.165) is 16.9 Å². The third kappa shape index (κ3) is 3.94. The number of nitrogens with zero attached hydrogens (tertiary/aromatic N) is 2. The van der Waals surface area contributed by atoms with E-state index < -0.39 is 0 Å². The summed E-state index contributed by atoms with van der Waals surface area (Å²) in [6.45, 7) is 5.13. The van der Waals surface area contributed by atoms with E-state index in [1.165, 1.54) is 5.56 Å². The SMILES string of the molecule is Cc1ccc(NC(=O)CN2CCN(c3ccc(Cl)cc3)C2=O)cc1C. The van der Waals surface area contributed by atoms with Gasteiger partial charge in [-0.2, -0.15) is 0 Å². The molecule has 2 aromatic carbocycles. The first-order valence-corrected chi connectivity index (χ1v) is 8.51. The van der Waals surface area contributed by atoms with E-state index >= 15 is 0 Å². The first-order valence-electron chi connectivity index (χ1n) is 8.13.